The van der Waals surface area contributed by atoms with E-state index in [1.54, 1.807) is 11.8 Å². The molecule has 0 N–H and O–H groups in total. The van der Waals surface area contributed by atoms with E-state index in [2.05, 4.69) is 0 Å². The second-order valence-electron chi connectivity index (χ2n) is 4.05. The molecule has 1 aromatic carbocycles. The van der Waals surface area contributed by atoms with E-state index in [4.69, 9.17) is 4.74 Å². The summed E-state index contributed by atoms with van der Waals surface area (Å²) in [6.45, 7) is 4.72. The highest BCUT2D eigenvalue weighted by molar-refractivity contribution is 7.99. The first kappa shape index (κ1) is 11.7. The van der Waals surface area contributed by atoms with Crippen molar-refractivity contribution < 1.29 is 9.53 Å². The van der Waals surface area contributed by atoms with Gasteiger partial charge in [-0.2, -0.15) is 11.8 Å². The summed E-state index contributed by atoms with van der Waals surface area (Å²) in [5.74, 6) is 1.91. The second-order valence-corrected chi connectivity index (χ2v) is 5.20. The van der Waals surface area contributed by atoms with Crippen LogP contribution in [-0.4, -0.2) is 30.0 Å². The molecular formula is C13H16O2S. The minimum atomic E-state index is -0.251. The smallest absolute Gasteiger partial charge is 0.192 e. The van der Waals surface area contributed by atoms with E-state index in [1.807, 2.05) is 32.0 Å². The van der Waals surface area contributed by atoms with Gasteiger partial charge in [0.15, 0.2) is 5.78 Å². The molecule has 1 aliphatic heterocycles. The molecule has 1 saturated heterocycles. The number of thioether (sulfide) groups is 1. The molecule has 16 heavy (non-hydrogen) atoms. The Morgan fingerprint density at radius 1 is 1.44 bits per heavy atom. The fourth-order valence-corrected chi connectivity index (χ4v) is 2.67. The Bertz CT molecular complexity index is 395. The average molecular weight is 236 g/mol. The minimum absolute atomic E-state index is 0.133. The summed E-state index contributed by atoms with van der Waals surface area (Å²) in [5.41, 5.74) is 3.05. The highest BCUT2D eigenvalue weighted by atomic mass is 32.2. The number of carbonyl (C=O) groups excluding carboxylic acids is 1. The molecule has 1 unspecified atom stereocenters. The zero-order valence-corrected chi connectivity index (χ0v) is 10.5. The summed E-state index contributed by atoms with van der Waals surface area (Å²) >= 11 is 1.79. The lowest BCUT2D eigenvalue weighted by Gasteiger charge is -2.22. The Hall–Kier alpha value is -0.800. The van der Waals surface area contributed by atoms with E-state index >= 15 is 0 Å². The molecule has 0 bridgehead atoms. The molecule has 1 aromatic rings. The lowest BCUT2D eigenvalue weighted by Crippen LogP contribution is -2.32. The van der Waals surface area contributed by atoms with Gasteiger partial charge in [0.05, 0.1) is 6.61 Å². The van der Waals surface area contributed by atoms with Crippen LogP contribution in [0.2, 0.25) is 0 Å². The SMILES string of the molecule is Cc1cccc(C(=O)C2CSCCO2)c1C. The number of carbonyl (C=O) groups is 1. The predicted octanol–water partition coefficient (Wildman–Crippen LogP) is 2.62. The maximum absolute atomic E-state index is 12.2. The van der Waals surface area contributed by atoms with E-state index < -0.39 is 0 Å². The number of rotatable bonds is 2. The molecule has 1 heterocycles. The fraction of sp³-hybridized carbons (Fsp3) is 0.462. The van der Waals surface area contributed by atoms with Crippen LogP contribution in [0.4, 0.5) is 0 Å². The number of hydrogen-bond donors (Lipinski definition) is 0. The zero-order valence-electron chi connectivity index (χ0n) is 9.66. The number of ether oxygens (including phenoxy) is 1. The second kappa shape index (κ2) is 5.02. The number of hydrogen-bond acceptors (Lipinski definition) is 3. The standard InChI is InChI=1S/C13H16O2S/c1-9-4-3-5-11(10(9)2)13(14)12-8-16-7-6-15-12/h3-5,12H,6-8H2,1-2H3. The molecule has 0 saturated carbocycles. The van der Waals surface area contributed by atoms with Crippen LogP contribution in [0.25, 0.3) is 0 Å². The van der Waals surface area contributed by atoms with Crippen LogP contribution in [0.3, 0.4) is 0 Å². The van der Waals surface area contributed by atoms with E-state index in [9.17, 15) is 4.79 Å². The molecule has 1 aliphatic rings. The maximum Gasteiger partial charge on any atom is 0.192 e. The molecule has 1 fully saturated rings. The molecule has 0 radical (unpaired) electrons. The monoisotopic (exact) mass is 236 g/mol. The van der Waals surface area contributed by atoms with Crippen molar-refractivity contribution in [1.82, 2.24) is 0 Å². The third-order valence-corrected chi connectivity index (χ3v) is 3.97. The van der Waals surface area contributed by atoms with Gasteiger partial charge in [-0.15, -0.1) is 0 Å². The van der Waals surface area contributed by atoms with Crippen molar-refractivity contribution in [2.24, 2.45) is 0 Å². The molecular weight excluding hydrogens is 220 g/mol. The average Bonchev–Trinajstić information content (AvgIpc) is 2.33. The van der Waals surface area contributed by atoms with Gasteiger partial charge in [0, 0.05) is 17.1 Å². The first-order chi connectivity index (χ1) is 7.70. The largest absolute Gasteiger partial charge is 0.368 e. The molecule has 3 heteroatoms. The minimum Gasteiger partial charge on any atom is -0.368 e. The molecule has 2 rings (SSSR count). The van der Waals surface area contributed by atoms with E-state index in [0.29, 0.717) is 6.61 Å². The van der Waals surface area contributed by atoms with Gasteiger partial charge in [0.25, 0.3) is 0 Å². The van der Waals surface area contributed by atoms with Crippen LogP contribution in [0.15, 0.2) is 18.2 Å². The number of benzene rings is 1. The first-order valence-corrected chi connectivity index (χ1v) is 6.65. The molecule has 0 aromatic heterocycles. The molecule has 1 atom stereocenters. The Morgan fingerprint density at radius 2 is 2.25 bits per heavy atom. The topological polar surface area (TPSA) is 26.3 Å². The van der Waals surface area contributed by atoms with Crippen LogP contribution in [0.5, 0.6) is 0 Å². The van der Waals surface area contributed by atoms with Crippen molar-refractivity contribution in [2.75, 3.05) is 18.1 Å². The fourth-order valence-electron chi connectivity index (χ4n) is 1.83. The van der Waals surface area contributed by atoms with E-state index in [0.717, 1.165) is 28.2 Å². The lowest BCUT2D eigenvalue weighted by atomic mass is 9.98. The molecule has 0 amide bonds. The van der Waals surface area contributed by atoms with Crippen molar-refractivity contribution in [3.8, 4) is 0 Å². The number of ketones is 1. The first-order valence-electron chi connectivity index (χ1n) is 5.50. The van der Waals surface area contributed by atoms with Crippen LogP contribution in [-0.2, 0) is 4.74 Å². The van der Waals surface area contributed by atoms with Gasteiger partial charge in [0.1, 0.15) is 6.10 Å². The number of Topliss-reactive ketones (excluding diaryl/α,β-unsaturated/α-hetero) is 1. The Labute approximate surface area is 100 Å². The lowest BCUT2D eigenvalue weighted by molar-refractivity contribution is 0.0518. The normalized spacial score (nSPS) is 20.8. The molecule has 0 aliphatic carbocycles. The summed E-state index contributed by atoms with van der Waals surface area (Å²) in [6, 6.07) is 5.86. The van der Waals surface area contributed by atoms with Gasteiger partial charge >= 0.3 is 0 Å². The summed E-state index contributed by atoms with van der Waals surface area (Å²) in [4.78, 5) is 12.2. The summed E-state index contributed by atoms with van der Waals surface area (Å²) in [7, 11) is 0. The van der Waals surface area contributed by atoms with Gasteiger partial charge in [-0.05, 0) is 25.0 Å². The van der Waals surface area contributed by atoms with Gasteiger partial charge in [-0.3, -0.25) is 4.79 Å². The summed E-state index contributed by atoms with van der Waals surface area (Å²) in [6.07, 6.45) is -0.251. The van der Waals surface area contributed by atoms with Gasteiger partial charge in [-0.25, -0.2) is 0 Å². The molecule has 2 nitrogen and oxygen atoms in total. The summed E-state index contributed by atoms with van der Waals surface area (Å²) < 4.78 is 5.52. The summed E-state index contributed by atoms with van der Waals surface area (Å²) in [5, 5.41) is 0. The quantitative estimate of drug-likeness (QED) is 0.738. The van der Waals surface area contributed by atoms with Crippen LogP contribution in [0.1, 0.15) is 21.5 Å². The third-order valence-electron chi connectivity index (χ3n) is 2.98. The number of aryl methyl sites for hydroxylation is 1. The van der Waals surface area contributed by atoms with Crippen LogP contribution >= 0.6 is 11.8 Å². The van der Waals surface area contributed by atoms with Crippen molar-refractivity contribution in [3.63, 3.8) is 0 Å². The van der Waals surface area contributed by atoms with Crippen molar-refractivity contribution in [1.29, 1.82) is 0 Å². The Kier molecular flexibility index (Phi) is 3.66. The Morgan fingerprint density at radius 3 is 2.94 bits per heavy atom. The van der Waals surface area contributed by atoms with Gasteiger partial charge in [0.2, 0.25) is 0 Å². The third kappa shape index (κ3) is 2.30. The maximum atomic E-state index is 12.2. The highest BCUT2D eigenvalue weighted by Crippen LogP contribution is 2.20. The van der Waals surface area contributed by atoms with E-state index in [1.165, 1.54) is 0 Å². The molecule has 0 spiro atoms. The van der Waals surface area contributed by atoms with Crippen molar-refractivity contribution in [3.05, 3.63) is 34.9 Å². The van der Waals surface area contributed by atoms with Gasteiger partial charge in [-0.1, -0.05) is 18.2 Å². The zero-order chi connectivity index (χ0) is 11.5. The van der Waals surface area contributed by atoms with Crippen LogP contribution in [0, 0.1) is 13.8 Å². The Balaban J connectivity index is 2.22. The molecule has 86 valence electrons. The predicted molar refractivity (Wildman–Crippen MR) is 67.3 cm³/mol. The van der Waals surface area contributed by atoms with Crippen molar-refractivity contribution in [2.45, 2.75) is 20.0 Å². The van der Waals surface area contributed by atoms with E-state index in [-0.39, 0.29) is 11.9 Å². The van der Waals surface area contributed by atoms with Crippen LogP contribution < -0.4 is 0 Å². The highest BCUT2D eigenvalue weighted by Gasteiger charge is 2.24. The van der Waals surface area contributed by atoms with Gasteiger partial charge < -0.3 is 4.74 Å². The van der Waals surface area contributed by atoms with Crippen molar-refractivity contribution >= 4 is 17.5 Å².